The van der Waals surface area contributed by atoms with Crippen LogP contribution in [0.3, 0.4) is 0 Å². The molecule has 1 spiro atoms. The van der Waals surface area contributed by atoms with Gasteiger partial charge in [0, 0.05) is 0 Å². The number of nitrogens with zero attached hydrogens (tertiary/aromatic N) is 2. The van der Waals surface area contributed by atoms with Gasteiger partial charge in [-0.25, -0.2) is 0 Å². The Morgan fingerprint density at radius 1 is 1.33 bits per heavy atom. The molecule has 0 aromatic carbocycles. The van der Waals surface area contributed by atoms with Crippen LogP contribution in [0.2, 0.25) is 0 Å². The molecule has 3 aliphatic carbocycles. The maximum Gasteiger partial charge on any atom is 0.278 e. The Labute approximate surface area is 72.6 Å². The van der Waals surface area contributed by atoms with Gasteiger partial charge in [0.05, 0.1) is 11.3 Å². The van der Waals surface area contributed by atoms with Crippen LogP contribution in [0.4, 0.5) is 0 Å². The van der Waals surface area contributed by atoms with Gasteiger partial charge in [-0.2, -0.15) is 4.79 Å². The Morgan fingerprint density at radius 2 is 2.17 bits per heavy atom. The fourth-order valence-electron chi connectivity index (χ4n) is 3.75. The second-order valence-corrected chi connectivity index (χ2v) is 4.70. The van der Waals surface area contributed by atoms with Crippen LogP contribution >= 0.6 is 0 Å². The van der Waals surface area contributed by atoms with Crippen LogP contribution in [0.15, 0.2) is 0 Å². The van der Waals surface area contributed by atoms with E-state index in [4.69, 9.17) is 5.53 Å². The fourth-order valence-corrected chi connectivity index (χ4v) is 3.75. The minimum atomic E-state index is 0.400. The van der Waals surface area contributed by atoms with E-state index in [0.717, 1.165) is 5.92 Å². The summed E-state index contributed by atoms with van der Waals surface area (Å²) in [7, 11) is 0. The summed E-state index contributed by atoms with van der Waals surface area (Å²) in [5.41, 5.74) is 10.5. The molecule has 0 aromatic rings. The maximum atomic E-state index is 8.98. The molecule has 0 heterocycles. The molecule has 0 radical (unpaired) electrons. The third kappa shape index (κ3) is 0.557. The summed E-state index contributed by atoms with van der Waals surface area (Å²) in [5, 5.41) is 0. The van der Waals surface area contributed by atoms with Crippen LogP contribution in [0.1, 0.15) is 38.5 Å². The molecule has 2 nitrogen and oxygen atoms in total. The Morgan fingerprint density at radius 3 is 2.67 bits per heavy atom. The minimum absolute atomic E-state index is 0.400. The van der Waals surface area contributed by atoms with Crippen molar-refractivity contribution in [3.63, 3.8) is 0 Å². The van der Waals surface area contributed by atoms with Gasteiger partial charge in [0.2, 0.25) is 0 Å². The molecule has 2 unspecified atom stereocenters. The molecule has 3 aliphatic rings. The summed E-state index contributed by atoms with van der Waals surface area (Å²) >= 11 is 0. The average molecular weight is 162 g/mol. The van der Waals surface area contributed by atoms with Crippen LogP contribution in [0.25, 0.3) is 5.53 Å². The Hall–Kier alpha value is -0.620. The van der Waals surface area contributed by atoms with Gasteiger partial charge in [-0.1, -0.05) is 6.42 Å². The highest BCUT2D eigenvalue weighted by Gasteiger charge is 2.63. The second-order valence-electron chi connectivity index (χ2n) is 4.70. The van der Waals surface area contributed by atoms with Crippen molar-refractivity contribution < 1.29 is 4.79 Å². The van der Waals surface area contributed by atoms with Crippen LogP contribution in [0.5, 0.6) is 0 Å². The summed E-state index contributed by atoms with van der Waals surface area (Å²) in [5.74, 6) is 1.53. The first-order chi connectivity index (χ1) is 5.87. The van der Waals surface area contributed by atoms with E-state index in [1.165, 1.54) is 44.2 Å². The van der Waals surface area contributed by atoms with Gasteiger partial charge >= 0.3 is 0 Å². The lowest BCUT2D eigenvalue weighted by Crippen LogP contribution is -2.43. The van der Waals surface area contributed by atoms with Gasteiger partial charge < -0.3 is 5.53 Å². The van der Waals surface area contributed by atoms with E-state index in [1.54, 1.807) is 0 Å². The summed E-state index contributed by atoms with van der Waals surface area (Å²) < 4.78 is 0. The van der Waals surface area contributed by atoms with Gasteiger partial charge in [-0.05, 0) is 38.0 Å². The highest BCUT2D eigenvalue weighted by molar-refractivity contribution is 5.91. The summed E-state index contributed by atoms with van der Waals surface area (Å²) in [4.78, 5) is 3.56. The minimum Gasteiger partial charge on any atom is -0.362 e. The maximum absolute atomic E-state index is 8.98. The second kappa shape index (κ2) is 2.00. The monoisotopic (exact) mass is 162 g/mol. The van der Waals surface area contributed by atoms with Gasteiger partial charge in [-0.3, -0.25) is 0 Å². The fraction of sp³-hybridized carbons (Fsp3) is 0.900. The molecule has 2 heteroatoms. The first kappa shape index (κ1) is 6.85. The molecule has 2 bridgehead atoms. The summed E-state index contributed by atoms with van der Waals surface area (Å²) in [6.07, 6.45) is 7.94. The Bertz CT molecular complexity index is 272. The molecule has 2 atom stereocenters. The molecule has 3 fully saturated rings. The SMILES string of the molecule is [N-]=[N+]=C1C2CCC(C2)C12CCC2. The van der Waals surface area contributed by atoms with Crippen molar-refractivity contribution in [3.8, 4) is 0 Å². The normalized spacial score (nSPS) is 41.5. The van der Waals surface area contributed by atoms with Crippen LogP contribution in [-0.2, 0) is 0 Å². The van der Waals surface area contributed by atoms with E-state index in [2.05, 4.69) is 4.79 Å². The van der Waals surface area contributed by atoms with Crippen molar-refractivity contribution in [2.45, 2.75) is 38.5 Å². The number of rotatable bonds is 0. The molecule has 0 aliphatic heterocycles. The highest BCUT2D eigenvalue weighted by Crippen LogP contribution is 2.62. The molecule has 0 amide bonds. The Balaban J connectivity index is 2.07. The predicted molar refractivity (Wildman–Crippen MR) is 45.7 cm³/mol. The number of fused-ring (bicyclic) bond motifs is 3. The third-order valence-corrected chi connectivity index (χ3v) is 4.46. The van der Waals surface area contributed by atoms with E-state index < -0.39 is 0 Å². The third-order valence-electron chi connectivity index (χ3n) is 4.46. The van der Waals surface area contributed by atoms with Gasteiger partial charge in [0.25, 0.3) is 5.71 Å². The van der Waals surface area contributed by atoms with Gasteiger partial charge in [0.15, 0.2) is 0 Å². The molecule has 12 heavy (non-hydrogen) atoms. The zero-order valence-electron chi connectivity index (χ0n) is 7.29. The smallest absolute Gasteiger partial charge is 0.278 e. The van der Waals surface area contributed by atoms with E-state index in [-0.39, 0.29) is 0 Å². The van der Waals surface area contributed by atoms with Crippen LogP contribution in [0, 0.1) is 17.3 Å². The largest absolute Gasteiger partial charge is 0.362 e. The van der Waals surface area contributed by atoms with E-state index >= 15 is 0 Å². The lowest BCUT2D eigenvalue weighted by atomic mass is 9.59. The molecule has 0 N–H and O–H groups in total. The zero-order valence-corrected chi connectivity index (χ0v) is 7.29. The molecule has 64 valence electrons. The number of hydrogen-bond donors (Lipinski definition) is 0. The highest BCUT2D eigenvalue weighted by atomic mass is 14.9. The van der Waals surface area contributed by atoms with Crippen molar-refractivity contribution in [1.29, 1.82) is 0 Å². The summed E-state index contributed by atoms with van der Waals surface area (Å²) in [6, 6.07) is 0. The average Bonchev–Trinajstić information content (AvgIpc) is 2.56. The lowest BCUT2D eigenvalue weighted by molar-refractivity contribution is -0.0411. The zero-order chi connectivity index (χ0) is 8.18. The van der Waals surface area contributed by atoms with Crippen molar-refractivity contribution >= 4 is 5.71 Å². The quantitative estimate of drug-likeness (QED) is 0.387. The number of hydrogen-bond acceptors (Lipinski definition) is 0. The van der Waals surface area contributed by atoms with Crippen molar-refractivity contribution in [3.05, 3.63) is 5.53 Å². The van der Waals surface area contributed by atoms with Crippen molar-refractivity contribution in [1.82, 2.24) is 0 Å². The first-order valence-corrected chi connectivity index (χ1v) is 5.09. The summed E-state index contributed by atoms with van der Waals surface area (Å²) in [6.45, 7) is 0. The van der Waals surface area contributed by atoms with Crippen molar-refractivity contribution in [2.75, 3.05) is 0 Å². The predicted octanol–water partition coefficient (Wildman–Crippen LogP) is 2.26. The topological polar surface area (TPSA) is 36.4 Å². The molecule has 0 aromatic heterocycles. The van der Waals surface area contributed by atoms with Gasteiger partial charge in [0.1, 0.15) is 0 Å². The van der Waals surface area contributed by atoms with Crippen molar-refractivity contribution in [2.24, 2.45) is 17.3 Å². The molecular weight excluding hydrogens is 148 g/mol. The van der Waals surface area contributed by atoms with Gasteiger partial charge in [-0.15, -0.1) is 0 Å². The van der Waals surface area contributed by atoms with Crippen LogP contribution in [-0.4, -0.2) is 10.5 Å². The molecule has 3 rings (SSSR count). The van der Waals surface area contributed by atoms with Crippen LogP contribution < -0.4 is 0 Å². The molecule has 0 saturated heterocycles. The van der Waals surface area contributed by atoms with E-state index in [1.807, 2.05) is 0 Å². The standard InChI is InChI=1S/C10H14N2/c11-12-9-7-2-3-8(6-7)10(9)4-1-5-10/h7-8H,1-6H2. The molecule has 3 saturated carbocycles. The first-order valence-electron chi connectivity index (χ1n) is 5.09. The lowest BCUT2D eigenvalue weighted by Gasteiger charge is -2.41. The Kier molecular flexibility index (Phi) is 1.14. The van der Waals surface area contributed by atoms with E-state index in [9.17, 15) is 0 Å². The molecular formula is C10H14N2. The van der Waals surface area contributed by atoms with E-state index in [0.29, 0.717) is 11.3 Å².